The van der Waals surface area contributed by atoms with E-state index in [2.05, 4.69) is 96.0 Å². The molecule has 1 aliphatic rings. The predicted octanol–water partition coefficient (Wildman–Crippen LogP) is 8.88. The van der Waals surface area contributed by atoms with E-state index in [0.717, 1.165) is 22.4 Å². The molecular formula is C36H50O5Si2. The normalized spacial score (nSPS) is 21.3. The van der Waals surface area contributed by atoms with E-state index in [4.69, 9.17) is 23.1 Å². The summed E-state index contributed by atoms with van der Waals surface area (Å²) in [5.41, 5.74) is 3.29. The van der Waals surface area contributed by atoms with Gasteiger partial charge in [0.05, 0.1) is 25.9 Å². The Hall–Kier alpha value is -2.53. The lowest BCUT2D eigenvalue weighted by Crippen LogP contribution is -2.57. The van der Waals surface area contributed by atoms with Crippen LogP contribution in [0, 0.1) is 0 Å². The summed E-state index contributed by atoms with van der Waals surface area (Å²) in [4.78, 5) is 0. The van der Waals surface area contributed by atoms with Gasteiger partial charge in [-0.1, -0.05) is 112 Å². The third-order valence-electron chi connectivity index (χ3n) is 8.06. The number of rotatable bonds is 13. The van der Waals surface area contributed by atoms with E-state index >= 15 is 0 Å². The maximum Gasteiger partial charge on any atom is 0.241 e. The Bertz CT molecular complexity index is 1280. The molecule has 3 aromatic carbocycles. The van der Waals surface area contributed by atoms with E-state index in [1.807, 2.05) is 54.6 Å². The minimum atomic E-state index is -2.21. The molecule has 0 aliphatic heterocycles. The summed E-state index contributed by atoms with van der Waals surface area (Å²) >= 11 is 0. The second kappa shape index (κ2) is 14.5. The van der Waals surface area contributed by atoms with Crippen LogP contribution in [-0.4, -0.2) is 41.1 Å². The molecule has 0 amide bonds. The molecule has 5 nitrogen and oxygen atoms in total. The smallest absolute Gasteiger partial charge is 0.241 e. The lowest BCUT2D eigenvalue weighted by molar-refractivity contribution is -0.175. The first-order chi connectivity index (χ1) is 20.3. The molecule has 0 saturated carbocycles. The topological polar surface area (TPSA) is 46.2 Å². The number of benzene rings is 3. The van der Waals surface area contributed by atoms with Crippen molar-refractivity contribution in [3.05, 3.63) is 120 Å². The Morgan fingerprint density at radius 3 is 1.42 bits per heavy atom. The van der Waals surface area contributed by atoms with E-state index in [0.29, 0.717) is 19.8 Å². The first kappa shape index (κ1) is 33.4. The van der Waals surface area contributed by atoms with Crippen molar-refractivity contribution in [2.75, 3.05) is 0 Å². The van der Waals surface area contributed by atoms with Crippen LogP contribution in [0.3, 0.4) is 0 Å². The zero-order valence-corrected chi connectivity index (χ0v) is 29.2. The van der Waals surface area contributed by atoms with Gasteiger partial charge >= 0.3 is 0 Å². The molecule has 0 unspecified atom stereocenters. The van der Waals surface area contributed by atoms with E-state index in [1.54, 1.807) is 0 Å². The van der Waals surface area contributed by atoms with Crippen LogP contribution in [0.5, 0.6) is 0 Å². The van der Waals surface area contributed by atoms with Crippen molar-refractivity contribution >= 4 is 16.6 Å². The quantitative estimate of drug-likeness (QED) is 0.179. The van der Waals surface area contributed by atoms with Crippen molar-refractivity contribution in [1.29, 1.82) is 0 Å². The van der Waals surface area contributed by atoms with Crippen molar-refractivity contribution in [3.8, 4) is 0 Å². The summed E-state index contributed by atoms with van der Waals surface area (Å²) in [6, 6.07) is 30.8. The van der Waals surface area contributed by atoms with Gasteiger partial charge in [0.1, 0.15) is 24.1 Å². The fourth-order valence-corrected chi connectivity index (χ4v) is 6.91. The summed E-state index contributed by atoms with van der Waals surface area (Å²) in [5.74, 6) is 0.788. The van der Waals surface area contributed by atoms with Crippen molar-refractivity contribution in [1.82, 2.24) is 0 Å². The predicted molar refractivity (Wildman–Crippen MR) is 180 cm³/mol. The van der Waals surface area contributed by atoms with Gasteiger partial charge in [-0.25, -0.2) is 0 Å². The van der Waals surface area contributed by atoms with Crippen LogP contribution in [-0.2, 0) is 42.9 Å². The highest BCUT2D eigenvalue weighted by atomic mass is 28.4. The largest absolute Gasteiger partial charge is 0.545 e. The minimum absolute atomic E-state index is 0.0195. The van der Waals surface area contributed by atoms with Crippen molar-refractivity contribution < 1.29 is 23.1 Å². The fourth-order valence-electron chi connectivity index (χ4n) is 4.78. The lowest BCUT2D eigenvalue weighted by Gasteiger charge is -2.46. The molecule has 0 radical (unpaired) electrons. The van der Waals surface area contributed by atoms with Gasteiger partial charge in [-0.05, 0) is 60.5 Å². The highest BCUT2D eigenvalue weighted by Crippen LogP contribution is 2.41. The summed E-state index contributed by atoms with van der Waals surface area (Å²) in [6.45, 7) is 19.3. The van der Waals surface area contributed by atoms with Gasteiger partial charge in [-0.2, -0.15) is 0 Å². The van der Waals surface area contributed by atoms with Gasteiger partial charge in [0.15, 0.2) is 8.32 Å². The first-order valence-corrected chi connectivity index (χ1v) is 21.7. The monoisotopic (exact) mass is 618 g/mol. The Balaban J connectivity index is 1.76. The fraction of sp³-hybridized carbons (Fsp3) is 0.444. The Morgan fingerprint density at radius 1 is 0.581 bits per heavy atom. The van der Waals surface area contributed by atoms with Gasteiger partial charge in [-0.15, -0.1) is 0 Å². The molecule has 0 bridgehead atoms. The third-order valence-corrected chi connectivity index (χ3v) is 13.4. The van der Waals surface area contributed by atoms with Crippen LogP contribution in [0.4, 0.5) is 0 Å². The first-order valence-electron chi connectivity index (χ1n) is 15.4. The molecule has 0 heterocycles. The number of hydrogen-bond acceptors (Lipinski definition) is 5. The molecule has 1 aliphatic carbocycles. The molecule has 0 aromatic heterocycles. The molecule has 0 N–H and O–H groups in total. The molecule has 4 rings (SSSR count). The average molecular weight is 619 g/mol. The number of ether oxygens (including phenoxy) is 3. The summed E-state index contributed by atoms with van der Waals surface area (Å²) < 4.78 is 34.3. The van der Waals surface area contributed by atoms with Crippen LogP contribution in [0.25, 0.3) is 0 Å². The van der Waals surface area contributed by atoms with E-state index in [9.17, 15) is 0 Å². The van der Waals surface area contributed by atoms with Crippen molar-refractivity contribution in [2.45, 2.75) is 103 Å². The van der Waals surface area contributed by atoms with Crippen LogP contribution >= 0.6 is 0 Å². The summed E-state index contributed by atoms with van der Waals surface area (Å²) in [5, 5.41) is 0.0195. The van der Waals surface area contributed by atoms with E-state index in [1.165, 1.54) is 0 Å². The van der Waals surface area contributed by atoms with E-state index < -0.39 is 34.9 Å². The molecule has 7 heteroatoms. The molecular weight excluding hydrogens is 569 g/mol. The summed E-state index contributed by atoms with van der Waals surface area (Å²) in [7, 11) is -4.22. The zero-order valence-electron chi connectivity index (χ0n) is 27.2. The second-order valence-corrected chi connectivity index (χ2v) is 23.1. The molecule has 43 heavy (non-hydrogen) atoms. The van der Waals surface area contributed by atoms with Crippen LogP contribution in [0.15, 0.2) is 103 Å². The highest BCUT2D eigenvalue weighted by molar-refractivity contribution is 6.74. The van der Waals surface area contributed by atoms with Gasteiger partial charge in [0.2, 0.25) is 8.32 Å². The van der Waals surface area contributed by atoms with Crippen molar-refractivity contribution in [3.63, 3.8) is 0 Å². The molecule has 0 fully saturated rings. The maximum absolute atomic E-state index is 7.12. The third kappa shape index (κ3) is 9.73. The maximum atomic E-state index is 7.12. The van der Waals surface area contributed by atoms with Crippen molar-refractivity contribution in [2.24, 2.45) is 0 Å². The highest BCUT2D eigenvalue weighted by Gasteiger charge is 2.49. The van der Waals surface area contributed by atoms with Crippen LogP contribution in [0.2, 0.25) is 37.8 Å². The molecule has 3 aromatic rings. The Kier molecular flexibility index (Phi) is 11.3. The van der Waals surface area contributed by atoms with E-state index in [-0.39, 0.29) is 11.1 Å². The minimum Gasteiger partial charge on any atom is -0.545 e. The molecule has 0 saturated heterocycles. The van der Waals surface area contributed by atoms with Gasteiger partial charge in [0, 0.05) is 0 Å². The second-order valence-electron chi connectivity index (χ2n) is 13.9. The lowest BCUT2D eigenvalue weighted by atomic mass is 9.93. The molecule has 4 atom stereocenters. The Morgan fingerprint density at radius 2 is 1.00 bits per heavy atom. The number of hydrogen-bond donors (Lipinski definition) is 0. The molecule has 0 spiro atoms. The van der Waals surface area contributed by atoms with Gasteiger partial charge < -0.3 is 23.1 Å². The zero-order chi connectivity index (χ0) is 31.1. The van der Waals surface area contributed by atoms with Crippen LogP contribution < -0.4 is 0 Å². The Labute approximate surface area is 261 Å². The molecule has 232 valence electrons. The van der Waals surface area contributed by atoms with Crippen LogP contribution in [0.1, 0.15) is 37.5 Å². The SMILES string of the molecule is CC(C)(C)[Si](C)(C)O[C@@H]1C=C(O[Si](C)(C)C)[C@@H](OCc2ccccc2)[C@H](OCc2ccccc2)[C@H]1OCc1ccccc1. The van der Waals surface area contributed by atoms with Gasteiger partial charge in [-0.3, -0.25) is 0 Å². The standard InChI is InChI=1S/C36H50O5Si2/c1-36(2,3)43(7,8)41-32-24-31(40-42(4,5)6)33(37-25-28-18-12-9-13-19-28)35(39-27-30-22-16-11-17-23-30)34(32)38-26-29-20-14-10-15-21-29/h9-24,32-35H,25-27H2,1-8H3/t32-,33-,34+,35+/m1/s1. The van der Waals surface area contributed by atoms with Gasteiger partial charge in [0.25, 0.3) is 0 Å². The summed E-state index contributed by atoms with van der Waals surface area (Å²) in [6.07, 6.45) is 0.447. The average Bonchev–Trinajstić information content (AvgIpc) is 2.95.